The van der Waals surface area contributed by atoms with E-state index in [1.165, 1.54) is 7.11 Å². The Balaban J connectivity index is 1.91. The van der Waals surface area contributed by atoms with Gasteiger partial charge in [0, 0.05) is 16.0 Å². The van der Waals surface area contributed by atoms with Crippen LogP contribution >= 0.6 is 27.5 Å². The highest BCUT2D eigenvalue weighted by Crippen LogP contribution is 2.27. The van der Waals surface area contributed by atoms with E-state index in [2.05, 4.69) is 21.2 Å². The van der Waals surface area contributed by atoms with Crippen molar-refractivity contribution in [3.63, 3.8) is 0 Å². The van der Waals surface area contributed by atoms with Crippen LogP contribution < -0.4 is 10.1 Å². The summed E-state index contributed by atoms with van der Waals surface area (Å²) >= 11 is 9.22. The Bertz CT molecular complexity index is 904. The molecule has 0 aliphatic carbocycles. The average Bonchev–Trinajstić information content (AvgIpc) is 2.60. The molecule has 1 amide bonds. The molecule has 2 rings (SSSR count). The number of amides is 1. The number of hydrogen-bond acceptors (Lipinski definition) is 5. The molecule has 0 fully saturated rings. The fourth-order valence-corrected chi connectivity index (χ4v) is 4.10. The van der Waals surface area contributed by atoms with Gasteiger partial charge in [0.15, 0.2) is 9.84 Å². The van der Waals surface area contributed by atoms with Crippen LogP contribution in [-0.2, 0) is 14.6 Å². The normalized spacial score (nSPS) is 11.4. The molecule has 2 aromatic carbocycles. The zero-order valence-electron chi connectivity index (χ0n) is 14.9. The minimum absolute atomic E-state index is 0.0333. The highest BCUT2D eigenvalue weighted by atomic mass is 79.9. The highest BCUT2D eigenvalue weighted by molar-refractivity contribution is 9.10. The molecule has 27 heavy (non-hydrogen) atoms. The fraction of sp³-hybridized carbons (Fsp3) is 0.278. The SMILES string of the molecule is COc1ccc(Cl)cc1NC(=O)CN(C)CCS(=O)(=O)c1ccc(Br)cc1. The number of methoxy groups -OCH3 is 1. The second-order valence-corrected chi connectivity index (χ2v) is 9.36. The van der Waals surface area contributed by atoms with Crippen molar-refractivity contribution in [3.05, 3.63) is 52.0 Å². The molecule has 0 saturated heterocycles. The third-order valence-electron chi connectivity index (χ3n) is 3.76. The van der Waals surface area contributed by atoms with Crippen LogP contribution in [0.2, 0.25) is 5.02 Å². The number of hydrogen-bond donors (Lipinski definition) is 1. The monoisotopic (exact) mass is 474 g/mol. The van der Waals surface area contributed by atoms with Gasteiger partial charge in [-0.1, -0.05) is 27.5 Å². The molecular formula is C18H20BrClN2O4S. The van der Waals surface area contributed by atoms with Crippen molar-refractivity contribution in [2.24, 2.45) is 0 Å². The molecule has 0 aliphatic heterocycles. The lowest BCUT2D eigenvalue weighted by Crippen LogP contribution is -2.33. The summed E-state index contributed by atoms with van der Waals surface area (Å²) in [6.45, 7) is 0.254. The number of halogens is 2. The smallest absolute Gasteiger partial charge is 0.238 e. The molecule has 6 nitrogen and oxygen atoms in total. The topological polar surface area (TPSA) is 75.7 Å². The van der Waals surface area contributed by atoms with E-state index >= 15 is 0 Å². The second kappa shape index (κ2) is 9.54. The molecule has 1 N–H and O–H groups in total. The zero-order chi connectivity index (χ0) is 20.0. The number of ether oxygens (including phenoxy) is 1. The van der Waals surface area contributed by atoms with E-state index in [1.807, 2.05) is 0 Å². The zero-order valence-corrected chi connectivity index (χ0v) is 18.1. The number of rotatable bonds is 8. The van der Waals surface area contributed by atoms with Gasteiger partial charge in [-0.2, -0.15) is 0 Å². The Kier molecular flexibility index (Phi) is 7.67. The Morgan fingerprint density at radius 2 is 1.89 bits per heavy atom. The Morgan fingerprint density at radius 3 is 2.52 bits per heavy atom. The number of carbonyl (C=O) groups is 1. The van der Waals surface area contributed by atoms with E-state index in [1.54, 1.807) is 54.4 Å². The molecule has 0 aromatic heterocycles. The van der Waals surface area contributed by atoms with Gasteiger partial charge < -0.3 is 10.1 Å². The van der Waals surface area contributed by atoms with Crippen molar-refractivity contribution in [1.82, 2.24) is 4.90 Å². The van der Waals surface area contributed by atoms with Crippen LogP contribution in [0.5, 0.6) is 5.75 Å². The molecule has 0 radical (unpaired) electrons. The first-order chi connectivity index (χ1) is 12.7. The quantitative estimate of drug-likeness (QED) is 0.633. The largest absolute Gasteiger partial charge is 0.495 e. The van der Waals surface area contributed by atoms with Gasteiger partial charge in [0.1, 0.15) is 5.75 Å². The molecule has 0 aliphatic rings. The van der Waals surface area contributed by atoms with Gasteiger partial charge in [0.05, 0.1) is 30.0 Å². The molecule has 0 saturated carbocycles. The summed E-state index contributed by atoms with van der Waals surface area (Å²) < 4.78 is 30.7. The van der Waals surface area contributed by atoms with Gasteiger partial charge in [-0.25, -0.2) is 8.42 Å². The molecular weight excluding hydrogens is 456 g/mol. The minimum atomic E-state index is -3.41. The van der Waals surface area contributed by atoms with Crippen molar-refractivity contribution in [1.29, 1.82) is 0 Å². The van der Waals surface area contributed by atoms with Gasteiger partial charge in [-0.05, 0) is 49.5 Å². The summed E-state index contributed by atoms with van der Waals surface area (Å²) in [7, 11) is -0.230. The number of benzene rings is 2. The molecule has 0 bridgehead atoms. The molecule has 0 atom stereocenters. The standard InChI is InChI=1S/C18H20BrClN2O4S/c1-22(9-10-27(24,25)15-6-3-13(19)4-7-15)12-18(23)21-16-11-14(20)5-8-17(16)26-2/h3-8,11H,9-10,12H2,1-2H3,(H,21,23). The first-order valence-electron chi connectivity index (χ1n) is 8.01. The molecule has 146 valence electrons. The third kappa shape index (κ3) is 6.49. The van der Waals surface area contributed by atoms with Crippen LogP contribution in [-0.4, -0.2) is 52.2 Å². The third-order valence-corrected chi connectivity index (χ3v) is 6.24. The number of nitrogens with one attached hydrogen (secondary N) is 1. The maximum Gasteiger partial charge on any atom is 0.238 e. The second-order valence-electron chi connectivity index (χ2n) is 5.90. The summed E-state index contributed by atoms with van der Waals surface area (Å²) in [5.41, 5.74) is 0.464. The van der Waals surface area contributed by atoms with Gasteiger partial charge >= 0.3 is 0 Å². The van der Waals surface area contributed by atoms with Crippen LogP contribution in [0.15, 0.2) is 51.8 Å². The lowest BCUT2D eigenvalue weighted by Gasteiger charge is -2.17. The molecule has 2 aromatic rings. The van der Waals surface area contributed by atoms with E-state index in [4.69, 9.17) is 16.3 Å². The van der Waals surface area contributed by atoms with Crippen LogP contribution in [0, 0.1) is 0 Å². The highest BCUT2D eigenvalue weighted by Gasteiger charge is 2.17. The van der Waals surface area contributed by atoms with Crippen molar-refractivity contribution in [2.45, 2.75) is 4.90 Å². The van der Waals surface area contributed by atoms with E-state index in [-0.39, 0.29) is 29.6 Å². The molecule has 0 heterocycles. The number of sulfone groups is 1. The average molecular weight is 476 g/mol. The number of nitrogens with zero attached hydrogens (tertiary/aromatic N) is 1. The number of likely N-dealkylation sites (N-methyl/N-ethyl adjacent to an activating group) is 1. The molecule has 0 unspecified atom stereocenters. The Hall–Kier alpha value is -1.61. The Labute approximate surface area is 172 Å². The maximum absolute atomic E-state index is 12.4. The van der Waals surface area contributed by atoms with Crippen LogP contribution in [0.25, 0.3) is 0 Å². The van der Waals surface area contributed by atoms with E-state index in [9.17, 15) is 13.2 Å². The van der Waals surface area contributed by atoms with Gasteiger partial charge in [0.2, 0.25) is 5.91 Å². The predicted octanol–water partition coefficient (Wildman–Crippen LogP) is 3.46. The van der Waals surface area contributed by atoms with Gasteiger partial charge in [-0.15, -0.1) is 0 Å². The van der Waals surface area contributed by atoms with Crippen molar-refractivity contribution in [2.75, 3.05) is 38.3 Å². The van der Waals surface area contributed by atoms with E-state index in [0.29, 0.717) is 16.5 Å². The summed E-state index contributed by atoms with van der Waals surface area (Å²) in [6, 6.07) is 11.4. The van der Waals surface area contributed by atoms with Crippen molar-refractivity contribution < 1.29 is 17.9 Å². The van der Waals surface area contributed by atoms with Crippen molar-refractivity contribution >= 4 is 49.0 Å². The Morgan fingerprint density at radius 1 is 1.22 bits per heavy atom. The minimum Gasteiger partial charge on any atom is -0.495 e. The first-order valence-corrected chi connectivity index (χ1v) is 10.8. The number of carbonyl (C=O) groups excluding carboxylic acids is 1. The predicted molar refractivity (Wildman–Crippen MR) is 110 cm³/mol. The number of anilines is 1. The summed E-state index contributed by atoms with van der Waals surface area (Å²) in [4.78, 5) is 14.1. The summed E-state index contributed by atoms with van der Waals surface area (Å²) in [5, 5.41) is 3.20. The molecule has 0 spiro atoms. The van der Waals surface area contributed by atoms with E-state index < -0.39 is 9.84 Å². The molecule has 9 heteroatoms. The maximum atomic E-state index is 12.4. The van der Waals surface area contributed by atoms with Crippen LogP contribution in [0.3, 0.4) is 0 Å². The van der Waals surface area contributed by atoms with E-state index in [0.717, 1.165) is 4.47 Å². The van der Waals surface area contributed by atoms with Crippen LogP contribution in [0.4, 0.5) is 5.69 Å². The fourth-order valence-electron chi connectivity index (χ4n) is 2.33. The van der Waals surface area contributed by atoms with Gasteiger partial charge in [-0.3, -0.25) is 9.69 Å². The summed E-state index contributed by atoms with van der Waals surface area (Å²) in [5.74, 6) is 0.117. The van der Waals surface area contributed by atoms with Crippen LogP contribution in [0.1, 0.15) is 0 Å². The lowest BCUT2D eigenvalue weighted by molar-refractivity contribution is -0.117. The van der Waals surface area contributed by atoms with Gasteiger partial charge in [0.25, 0.3) is 0 Å². The first kappa shape index (κ1) is 21.7. The summed E-state index contributed by atoms with van der Waals surface area (Å²) in [6.07, 6.45) is 0. The van der Waals surface area contributed by atoms with Crippen molar-refractivity contribution in [3.8, 4) is 5.75 Å². The lowest BCUT2D eigenvalue weighted by atomic mass is 10.3.